The molecule has 0 radical (unpaired) electrons. The minimum Gasteiger partial charge on any atom is -0.870 e. The number of nitrogens with zero attached hydrogens (tertiary/aromatic N) is 2. The van der Waals surface area contributed by atoms with Gasteiger partial charge >= 0.3 is 54.2 Å². The molecule has 2 N–H and O–H groups in total. The molecule has 22 heteroatoms. The molecule has 2 aromatic heterocycles. The van der Waals surface area contributed by atoms with Crippen LogP contribution in [0.25, 0.3) is 21.8 Å². The number of hydrogen-bond donors (Lipinski definition) is 1. The van der Waals surface area contributed by atoms with Crippen molar-refractivity contribution in [2.75, 3.05) is 6.61 Å². The van der Waals surface area contributed by atoms with Crippen molar-refractivity contribution in [1.82, 2.24) is 9.13 Å². The number of ether oxygens (including phenoxy) is 5. The maximum atomic E-state index is 13.6. The van der Waals surface area contributed by atoms with Crippen molar-refractivity contribution >= 4 is 68.5 Å². The molecule has 6 aromatic carbocycles. The Kier molecular flexibility index (Phi) is 21.9. The monoisotopic (exact) mass is 1160 g/mol. The first-order valence-electron chi connectivity index (χ1n) is 24.3. The van der Waals surface area contributed by atoms with Gasteiger partial charge in [-0.05, 0) is 142 Å². The number of alkyl halides is 6. The molecule has 13 nitrogen and oxygen atoms in total. The van der Waals surface area contributed by atoms with Crippen LogP contribution >= 0.6 is 23.2 Å². The van der Waals surface area contributed by atoms with Gasteiger partial charge in [-0.2, -0.15) is 0 Å². The SMILES string of the molecule is CCOC(=O)[C@@H](CC)Oc1cccc(Cn2c(C)c(C(=O)c3ccc(Cl)cc3)c3ccc(OC(F)(F)F)cc32)c1.CC[C@@H](Oc1cccc(Cn2c(C)c(C(=O)c3ccc(Cl)cc3)c3ccc(OC(F)(F)F)cc32)c1)C(=O)O.[Na+].[OH-]. The topological polar surface area (TPSA) is 175 Å². The Morgan fingerprint density at radius 2 is 0.938 bits per heavy atom. The second-order valence-corrected chi connectivity index (χ2v) is 18.5. The van der Waals surface area contributed by atoms with Crippen molar-refractivity contribution in [3.63, 3.8) is 0 Å². The van der Waals surface area contributed by atoms with E-state index in [4.69, 9.17) is 37.4 Å². The normalized spacial score (nSPS) is 12.0. The van der Waals surface area contributed by atoms with Crippen LogP contribution in [0.4, 0.5) is 26.3 Å². The number of aliphatic carboxylic acids is 1. The van der Waals surface area contributed by atoms with E-state index in [9.17, 15) is 50.6 Å². The summed E-state index contributed by atoms with van der Waals surface area (Å²) < 4.78 is 106. The molecule has 8 rings (SSSR count). The van der Waals surface area contributed by atoms with Crippen molar-refractivity contribution in [3.05, 3.63) is 188 Å². The number of benzene rings is 6. The number of aromatic nitrogens is 2. The molecular formula is C58H51Cl2F6N2NaO11. The first-order chi connectivity index (χ1) is 37.0. The van der Waals surface area contributed by atoms with Crippen LogP contribution in [0, 0.1) is 13.8 Å². The van der Waals surface area contributed by atoms with Crippen LogP contribution in [0.15, 0.2) is 133 Å². The Bertz CT molecular complexity index is 3490. The van der Waals surface area contributed by atoms with Gasteiger partial charge in [-0.1, -0.05) is 61.3 Å². The summed E-state index contributed by atoms with van der Waals surface area (Å²) >= 11 is 11.9. The zero-order valence-corrected chi connectivity index (χ0v) is 47.4. The van der Waals surface area contributed by atoms with E-state index in [2.05, 4.69) is 9.47 Å². The Balaban J connectivity index is 0.000000287. The maximum absolute atomic E-state index is 13.6. The Morgan fingerprint density at radius 3 is 1.29 bits per heavy atom. The van der Waals surface area contributed by atoms with Crippen molar-refractivity contribution in [3.8, 4) is 23.0 Å². The summed E-state index contributed by atoms with van der Waals surface area (Å²) in [5, 5.41) is 11.2. The van der Waals surface area contributed by atoms with E-state index in [1.54, 1.807) is 135 Å². The summed E-state index contributed by atoms with van der Waals surface area (Å²) in [7, 11) is 0. The number of hydrogen-bond acceptors (Lipinski definition) is 10. The van der Waals surface area contributed by atoms with Crippen molar-refractivity contribution in [2.24, 2.45) is 0 Å². The molecule has 0 unspecified atom stereocenters. The number of esters is 1. The number of carbonyl (C=O) groups is 4. The molecule has 0 bridgehead atoms. The van der Waals surface area contributed by atoms with Crippen LogP contribution in [0.2, 0.25) is 10.0 Å². The van der Waals surface area contributed by atoms with Crippen LogP contribution in [0.3, 0.4) is 0 Å². The number of carbonyl (C=O) groups excluding carboxylic acids is 3. The smallest absolute Gasteiger partial charge is 0.870 e. The molecule has 2 atom stereocenters. The summed E-state index contributed by atoms with van der Waals surface area (Å²) in [6, 6.07) is 34.3. The molecule has 0 saturated heterocycles. The molecule has 8 aromatic rings. The maximum Gasteiger partial charge on any atom is 1.00 e. The molecule has 0 spiro atoms. The molecule has 0 saturated carbocycles. The number of ketones is 2. The minimum absolute atomic E-state index is 0. The van der Waals surface area contributed by atoms with E-state index in [1.165, 1.54) is 36.4 Å². The van der Waals surface area contributed by atoms with Gasteiger partial charge in [0.15, 0.2) is 23.8 Å². The molecule has 0 amide bonds. The molecule has 0 aliphatic rings. The van der Waals surface area contributed by atoms with E-state index in [1.807, 2.05) is 6.07 Å². The van der Waals surface area contributed by atoms with Crippen LogP contribution in [0.5, 0.6) is 23.0 Å². The molecule has 80 heavy (non-hydrogen) atoms. The largest absolute Gasteiger partial charge is 1.00 e. The second-order valence-electron chi connectivity index (χ2n) is 17.6. The van der Waals surface area contributed by atoms with Crippen LogP contribution in [-0.4, -0.2) is 74.8 Å². The number of carboxylic acid groups (broad SMARTS) is 1. The fraction of sp³-hybridized carbons (Fsp3) is 0.241. The minimum atomic E-state index is -4.88. The third kappa shape index (κ3) is 15.9. The fourth-order valence-corrected chi connectivity index (χ4v) is 9.00. The third-order valence-corrected chi connectivity index (χ3v) is 12.8. The average Bonchev–Trinajstić information content (AvgIpc) is 3.94. The Labute approximate surface area is 487 Å². The van der Waals surface area contributed by atoms with Crippen LogP contribution < -0.4 is 48.5 Å². The molecular weight excluding hydrogens is 1110 g/mol. The van der Waals surface area contributed by atoms with E-state index in [-0.39, 0.29) is 72.7 Å². The van der Waals surface area contributed by atoms with Gasteiger partial charge in [-0.3, -0.25) is 9.59 Å². The Morgan fingerprint density at radius 1 is 0.550 bits per heavy atom. The Hall–Kier alpha value is -7.00. The van der Waals surface area contributed by atoms with Gasteiger partial charge in [0.1, 0.15) is 23.0 Å². The molecule has 0 aliphatic carbocycles. The first kappa shape index (κ1) is 63.8. The summed E-state index contributed by atoms with van der Waals surface area (Å²) in [6.07, 6.45) is -10.9. The van der Waals surface area contributed by atoms with E-state index < -0.39 is 48.4 Å². The van der Waals surface area contributed by atoms with Gasteiger partial charge in [0.05, 0.1) is 28.8 Å². The van der Waals surface area contributed by atoms with Gasteiger partial charge in [-0.15, -0.1) is 26.3 Å². The summed E-state index contributed by atoms with van der Waals surface area (Å²) in [6.45, 7) is 9.28. The van der Waals surface area contributed by atoms with Gasteiger partial charge in [-0.25, -0.2) is 9.59 Å². The summed E-state index contributed by atoms with van der Waals surface area (Å²) in [5.74, 6) is -2.20. The number of fused-ring (bicyclic) bond motifs is 2. The predicted molar refractivity (Wildman–Crippen MR) is 283 cm³/mol. The number of halogens is 8. The number of carboxylic acids is 1. The molecule has 0 aliphatic heterocycles. The summed E-state index contributed by atoms with van der Waals surface area (Å²) in [5.41, 5.74) is 4.74. The molecule has 2 heterocycles. The van der Waals surface area contributed by atoms with Crippen molar-refractivity contribution in [1.29, 1.82) is 0 Å². The number of rotatable bonds is 19. The van der Waals surface area contributed by atoms with Gasteiger partial charge < -0.3 is 43.4 Å². The van der Waals surface area contributed by atoms with Crippen molar-refractivity contribution < 1.29 is 109 Å². The summed E-state index contributed by atoms with van der Waals surface area (Å²) in [4.78, 5) is 50.6. The average molecular weight is 1160 g/mol. The quantitative estimate of drug-likeness (QED) is 0.0353. The first-order valence-corrected chi connectivity index (χ1v) is 25.0. The van der Waals surface area contributed by atoms with E-state index in [0.29, 0.717) is 89.0 Å². The molecule has 416 valence electrons. The second kappa shape index (κ2) is 27.4. The predicted octanol–water partition coefficient (Wildman–Crippen LogP) is 11.4. The standard InChI is InChI=1S/C30H27ClF3NO5.C28H23ClF3NO5.Na.H2O/c1-4-26(29(37)38-5-2)39-22-8-6-7-19(15-22)17-35-18(3)27(28(36)20-9-11-21(31)12-10-20)24-14-13-23(16-25(24)35)40-30(32,33)34;1-3-24(27(35)36)37-20-6-4-5-17(13-20)15-33-16(2)25(26(34)18-7-9-19(29)10-8-18)22-12-11-21(14-23(22)33)38-28(30,31)32;;/h6-16,26H,4-5,17H2,1-3H3;4-14,24H,3,15H2,1-2H3,(H,35,36);;1H2/q;;+1;/p-1/t26-;24-;;/m11../s1. The zero-order chi connectivity index (χ0) is 56.6. The molecule has 0 fully saturated rings. The van der Waals surface area contributed by atoms with Crippen molar-refractivity contribution in [2.45, 2.75) is 85.5 Å². The zero-order valence-electron chi connectivity index (χ0n) is 43.9. The van der Waals surface area contributed by atoms with Gasteiger partial charge in [0, 0.05) is 68.6 Å². The van der Waals surface area contributed by atoms with Gasteiger partial charge in [0.25, 0.3) is 0 Å². The third-order valence-electron chi connectivity index (χ3n) is 12.3. The van der Waals surface area contributed by atoms with E-state index >= 15 is 0 Å². The van der Waals surface area contributed by atoms with Gasteiger partial charge in [0.2, 0.25) is 0 Å². The van der Waals surface area contributed by atoms with Crippen LogP contribution in [-0.2, 0) is 27.4 Å². The fourth-order valence-electron chi connectivity index (χ4n) is 8.75. The van der Waals surface area contributed by atoms with Crippen LogP contribution in [0.1, 0.15) is 88.0 Å². The van der Waals surface area contributed by atoms with E-state index in [0.717, 1.165) is 5.56 Å².